The number of phenols is 1. The summed E-state index contributed by atoms with van der Waals surface area (Å²) in [5.41, 5.74) is -3.42. The summed E-state index contributed by atoms with van der Waals surface area (Å²) in [5.74, 6) is -3.13. The second kappa shape index (κ2) is 7.01. The van der Waals surface area contributed by atoms with Crippen molar-refractivity contribution in [1.29, 1.82) is 0 Å². The van der Waals surface area contributed by atoms with Crippen molar-refractivity contribution in [2.45, 2.75) is 44.0 Å². The van der Waals surface area contributed by atoms with E-state index in [0.29, 0.717) is 0 Å². The second-order valence-corrected chi connectivity index (χ2v) is 7.78. The van der Waals surface area contributed by atoms with Crippen molar-refractivity contribution < 1.29 is 32.2 Å². The lowest BCUT2D eigenvalue weighted by Crippen LogP contribution is -2.55. The zero-order valence-electron chi connectivity index (χ0n) is 16.4. The van der Waals surface area contributed by atoms with E-state index < -0.39 is 47.5 Å². The van der Waals surface area contributed by atoms with Gasteiger partial charge in [0.1, 0.15) is 17.2 Å². The SMILES string of the molecule is Cc1ncc2c(NC3c4ccc(F)c(O)c4[C@H](C)C[C@]3(O)C(F)(F)F)ccc(F)c2n1. The first-order valence-corrected chi connectivity index (χ1v) is 9.43. The third-order valence-electron chi connectivity index (χ3n) is 5.71. The van der Waals surface area contributed by atoms with Gasteiger partial charge < -0.3 is 15.5 Å². The molecule has 1 aromatic heterocycles. The average Bonchev–Trinajstić information content (AvgIpc) is 2.68. The van der Waals surface area contributed by atoms with Crippen LogP contribution in [0.5, 0.6) is 5.75 Å². The quantitative estimate of drug-likeness (QED) is 0.497. The van der Waals surface area contributed by atoms with Crippen LogP contribution in [-0.4, -0.2) is 32.0 Å². The summed E-state index contributed by atoms with van der Waals surface area (Å²) in [7, 11) is 0. The highest BCUT2D eigenvalue weighted by Gasteiger charge is 2.62. The van der Waals surface area contributed by atoms with Crippen LogP contribution in [0.3, 0.4) is 0 Å². The highest BCUT2D eigenvalue weighted by molar-refractivity contribution is 5.91. The Morgan fingerprint density at radius 3 is 2.48 bits per heavy atom. The number of aromatic nitrogens is 2. The van der Waals surface area contributed by atoms with Crippen molar-refractivity contribution in [3.63, 3.8) is 0 Å². The third kappa shape index (κ3) is 3.25. The Morgan fingerprint density at radius 1 is 1.13 bits per heavy atom. The molecule has 1 unspecified atom stereocenters. The molecule has 5 nitrogen and oxygen atoms in total. The summed E-state index contributed by atoms with van der Waals surface area (Å²) < 4.78 is 70.3. The molecule has 3 aromatic rings. The summed E-state index contributed by atoms with van der Waals surface area (Å²) in [5, 5.41) is 23.7. The molecule has 0 spiro atoms. The first-order chi connectivity index (χ1) is 14.4. The summed E-state index contributed by atoms with van der Waals surface area (Å²) in [6, 6.07) is 2.39. The van der Waals surface area contributed by atoms with E-state index in [9.17, 15) is 32.2 Å². The molecule has 4 rings (SSSR count). The van der Waals surface area contributed by atoms with Gasteiger partial charge in [0.25, 0.3) is 0 Å². The number of aryl methyl sites for hydroxylation is 1. The van der Waals surface area contributed by atoms with Crippen molar-refractivity contribution in [3.8, 4) is 5.75 Å². The van der Waals surface area contributed by atoms with Crippen molar-refractivity contribution in [1.82, 2.24) is 9.97 Å². The number of rotatable bonds is 2. The second-order valence-electron chi connectivity index (χ2n) is 7.78. The molecule has 1 aliphatic carbocycles. The number of aromatic hydroxyl groups is 1. The van der Waals surface area contributed by atoms with Gasteiger partial charge in [-0.15, -0.1) is 0 Å². The molecule has 1 aliphatic rings. The molecular formula is C21H18F5N3O2. The number of anilines is 1. The smallest absolute Gasteiger partial charge is 0.419 e. The molecule has 0 fully saturated rings. The molecule has 0 bridgehead atoms. The maximum atomic E-state index is 14.2. The van der Waals surface area contributed by atoms with Crippen molar-refractivity contribution >= 4 is 16.6 Å². The molecule has 2 aromatic carbocycles. The zero-order chi connectivity index (χ0) is 22.7. The molecule has 164 valence electrons. The lowest BCUT2D eigenvalue weighted by molar-refractivity contribution is -0.272. The molecule has 31 heavy (non-hydrogen) atoms. The first kappa shape index (κ1) is 21.2. The number of nitrogens with one attached hydrogen (secondary N) is 1. The highest BCUT2D eigenvalue weighted by Crippen LogP contribution is 2.54. The van der Waals surface area contributed by atoms with Crippen LogP contribution in [0.1, 0.15) is 42.3 Å². The van der Waals surface area contributed by atoms with Gasteiger partial charge in [-0.1, -0.05) is 13.0 Å². The van der Waals surface area contributed by atoms with E-state index in [1.165, 1.54) is 26.1 Å². The number of phenolic OH excluding ortho intramolecular Hbond substituents is 1. The summed E-state index contributed by atoms with van der Waals surface area (Å²) >= 11 is 0. The number of fused-ring (bicyclic) bond motifs is 2. The van der Waals surface area contributed by atoms with Crippen LogP contribution in [0, 0.1) is 18.6 Å². The predicted molar refractivity (Wildman–Crippen MR) is 103 cm³/mol. The Kier molecular flexibility index (Phi) is 4.80. The van der Waals surface area contributed by atoms with Crippen LogP contribution in [0.15, 0.2) is 30.5 Å². The maximum Gasteiger partial charge on any atom is 0.419 e. The fourth-order valence-corrected chi connectivity index (χ4v) is 4.24. The van der Waals surface area contributed by atoms with E-state index in [-0.39, 0.29) is 33.5 Å². The van der Waals surface area contributed by atoms with Crippen LogP contribution in [0.2, 0.25) is 0 Å². The normalized spacial score (nSPS) is 23.6. The largest absolute Gasteiger partial charge is 0.505 e. The Balaban J connectivity index is 1.93. The number of benzene rings is 2. The topological polar surface area (TPSA) is 78.3 Å². The van der Waals surface area contributed by atoms with Gasteiger partial charge >= 0.3 is 6.18 Å². The van der Waals surface area contributed by atoms with Gasteiger partial charge in [0.15, 0.2) is 17.2 Å². The molecule has 0 saturated heterocycles. The van der Waals surface area contributed by atoms with Gasteiger partial charge in [0.2, 0.25) is 0 Å². The van der Waals surface area contributed by atoms with Crippen LogP contribution in [0.4, 0.5) is 27.6 Å². The standard InChI is InChI=1S/C21H18F5N3O2/c1-9-7-20(31,21(24,25)26)19(11-3-4-14(23)18(30)16(9)11)29-15-6-5-13(22)17-12(15)8-27-10(2)28-17/h3-6,8-9,19,29-31H,7H2,1-2H3/t9-,19?,20-/m1/s1. The van der Waals surface area contributed by atoms with E-state index in [4.69, 9.17) is 0 Å². The molecule has 3 atom stereocenters. The molecule has 3 N–H and O–H groups in total. The van der Waals surface area contributed by atoms with Gasteiger partial charge in [-0.2, -0.15) is 13.2 Å². The number of nitrogens with zero attached hydrogens (tertiary/aromatic N) is 2. The average molecular weight is 439 g/mol. The first-order valence-electron chi connectivity index (χ1n) is 9.43. The highest BCUT2D eigenvalue weighted by atomic mass is 19.4. The maximum absolute atomic E-state index is 14.2. The third-order valence-corrected chi connectivity index (χ3v) is 5.71. The Morgan fingerprint density at radius 2 is 1.81 bits per heavy atom. The molecule has 0 amide bonds. The fraction of sp³-hybridized carbons (Fsp3) is 0.333. The van der Waals surface area contributed by atoms with Gasteiger partial charge in [-0.3, -0.25) is 0 Å². The van der Waals surface area contributed by atoms with E-state index >= 15 is 0 Å². The van der Waals surface area contributed by atoms with E-state index in [2.05, 4.69) is 15.3 Å². The lowest BCUT2D eigenvalue weighted by Gasteiger charge is -2.45. The number of alkyl halides is 3. The summed E-state index contributed by atoms with van der Waals surface area (Å²) in [4.78, 5) is 7.97. The van der Waals surface area contributed by atoms with Crippen LogP contribution < -0.4 is 5.32 Å². The zero-order valence-corrected chi connectivity index (χ0v) is 16.4. The number of hydrogen-bond acceptors (Lipinski definition) is 5. The number of aliphatic hydroxyl groups is 1. The van der Waals surface area contributed by atoms with Crippen LogP contribution in [0.25, 0.3) is 10.9 Å². The van der Waals surface area contributed by atoms with E-state index in [1.807, 2.05) is 0 Å². The Labute approximate surface area is 173 Å². The monoisotopic (exact) mass is 439 g/mol. The summed E-state index contributed by atoms with van der Waals surface area (Å²) in [6.07, 6.45) is -4.60. The van der Waals surface area contributed by atoms with Gasteiger partial charge in [0, 0.05) is 22.8 Å². The van der Waals surface area contributed by atoms with E-state index in [0.717, 1.165) is 18.2 Å². The Hall–Kier alpha value is -3.01. The molecule has 0 aliphatic heterocycles. The Bertz CT molecular complexity index is 1180. The van der Waals surface area contributed by atoms with Gasteiger partial charge in [0.05, 0.1) is 6.04 Å². The number of hydrogen-bond donors (Lipinski definition) is 3. The predicted octanol–water partition coefficient (Wildman–Crippen LogP) is 4.88. The van der Waals surface area contributed by atoms with Gasteiger partial charge in [-0.05, 0) is 43.0 Å². The van der Waals surface area contributed by atoms with Gasteiger partial charge in [-0.25, -0.2) is 18.7 Å². The fourth-order valence-electron chi connectivity index (χ4n) is 4.24. The van der Waals surface area contributed by atoms with Crippen LogP contribution in [-0.2, 0) is 0 Å². The number of halogens is 5. The van der Waals surface area contributed by atoms with Crippen LogP contribution >= 0.6 is 0 Å². The van der Waals surface area contributed by atoms with E-state index in [1.54, 1.807) is 0 Å². The molecule has 0 saturated carbocycles. The van der Waals surface area contributed by atoms with Crippen molar-refractivity contribution in [3.05, 3.63) is 59.0 Å². The van der Waals surface area contributed by atoms with Crippen molar-refractivity contribution in [2.24, 2.45) is 0 Å². The minimum absolute atomic E-state index is 0.0232. The molecule has 0 radical (unpaired) electrons. The molecular weight excluding hydrogens is 421 g/mol. The molecule has 1 heterocycles. The minimum Gasteiger partial charge on any atom is -0.505 e. The lowest BCUT2D eigenvalue weighted by atomic mass is 9.70. The molecule has 10 heteroatoms. The van der Waals surface area contributed by atoms with Crippen molar-refractivity contribution in [2.75, 3.05) is 5.32 Å². The minimum atomic E-state index is -5.05. The summed E-state index contributed by atoms with van der Waals surface area (Å²) in [6.45, 7) is 2.91.